The van der Waals surface area contributed by atoms with Gasteiger partial charge in [0, 0.05) is 44.7 Å². The molecule has 0 radical (unpaired) electrons. The van der Waals surface area contributed by atoms with Crippen molar-refractivity contribution in [3.63, 3.8) is 0 Å². The number of piperidine rings is 1. The number of nitrogens with one attached hydrogen (secondary N) is 3. The summed E-state index contributed by atoms with van der Waals surface area (Å²) in [5.74, 6) is 1.40. The van der Waals surface area contributed by atoms with Gasteiger partial charge in [0.25, 0.3) is 0 Å². The third-order valence-corrected chi connectivity index (χ3v) is 6.31. The second kappa shape index (κ2) is 10.5. The molecule has 1 aromatic rings. The van der Waals surface area contributed by atoms with E-state index in [0.717, 1.165) is 70.8 Å². The van der Waals surface area contributed by atoms with E-state index < -0.39 is 0 Å². The summed E-state index contributed by atoms with van der Waals surface area (Å²) >= 11 is 1.82. The van der Waals surface area contributed by atoms with Gasteiger partial charge in [-0.05, 0) is 56.5 Å². The first-order chi connectivity index (χ1) is 13.3. The van der Waals surface area contributed by atoms with Crippen molar-refractivity contribution in [3.8, 4) is 0 Å². The fraction of sp³-hybridized carbons (Fsp3) is 0.700. The van der Waals surface area contributed by atoms with Crippen molar-refractivity contribution in [2.24, 2.45) is 10.9 Å². The van der Waals surface area contributed by atoms with Crippen LogP contribution in [-0.2, 0) is 4.79 Å². The molecule has 2 fully saturated rings. The summed E-state index contributed by atoms with van der Waals surface area (Å²) in [6.45, 7) is 6.58. The first kappa shape index (κ1) is 20.0. The number of hydrogen-bond acceptors (Lipinski definition) is 4. The first-order valence-electron chi connectivity index (χ1n) is 10.4. The molecule has 0 bridgehead atoms. The van der Waals surface area contributed by atoms with Crippen LogP contribution >= 0.6 is 11.3 Å². The van der Waals surface area contributed by atoms with E-state index in [1.807, 2.05) is 11.3 Å². The highest BCUT2D eigenvalue weighted by molar-refractivity contribution is 7.14. The van der Waals surface area contributed by atoms with Crippen molar-refractivity contribution >= 4 is 28.2 Å². The van der Waals surface area contributed by atoms with Crippen LogP contribution < -0.4 is 20.9 Å². The van der Waals surface area contributed by atoms with Gasteiger partial charge in [0.1, 0.15) is 0 Å². The Bertz CT molecular complexity index is 592. The van der Waals surface area contributed by atoms with Crippen molar-refractivity contribution < 1.29 is 4.79 Å². The Labute approximate surface area is 166 Å². The summed E-state index contributed by atoms with van der Waals surface area (Å²) in [4.78, 5) is 19.0. The zero-order chi connectivity index (χ0) is 18.9. The van der Waals surface area contributed by atoms with Crippen LogP contribution in [0.1, 0.15) is 45.4 Å². The van der Waals surface area contributed by atoms with Crippen molar-refractivity contribution in [2.75, 3.05) is 37.6 Å². The van der Waals surface area contributed by atoms with Gasteiger partial charge in [-0.15, -0.1) is 11.3 Å². The Hall–Kier alpha value is -1.76. The molecule has 1 aliphatic carbocycles. The van der Waals surface area contributed by atoms with Crippen LogP contribution in [0.15, 0.2) is 22.5 Å². The Morgan fingerprint density at radius 2 is 2.07 bits per heavy atom. The Morgan fingerprint density at radius 1 is 1.26 bits per heavy atom. The number of rotatable bonds is 8. The summed E-state index contributed by atoms with van der Waals surface area (Å²) < 4.78 is 0. The molecule has 1 aliphatic heterocycles. The van der Waals surface area contributed by atoms with E-state index in [1.165, 1.54) is 11.4 Å². The van der Waals surface area contributed by atoms with E-state index >= 15 is 0 Å². The van der Waals surface area contributed by atoms with Gasteiger partial charge >= 0.3 is 0 Å². The van der Waals surface area contributed by atoms with Crippen LogP contribution in [0.2, 0.25) is 0 Å². The summed E-state index contributed by atoms with van der Waals surface area (Å²) in [6.07, 6.45) is 6.45. The number of carbonyl (C=O) groups is 1. The van der Waals surface area contributed by atoms with E-state index in [9.17, 15) is 4.79 Å². The number of anilines is 1. The molecule has 0 atom stereocenters. The lowest BCUT2D eigenvalue weighted by Crippen LogP contribution is -2.48. The number of thiophene rings is 1. The summed E-state index contributed by atoms with van der Waals surface area (Å²) in [7, 11) is 0. The molecule has 1 saturated heterocycles. The highest BCUT2D eigenvalue weighted by Crippen LogP contribution is 2.26. The van der Waals surface area contributed by atoms with Crippen LogP contribution in [0.25, 0.3) is 0 Å². The maximum Gasteiger partial charge on any atom is 0.223 e. The maximum atomic E-state index is 11.8. The Morgan fingerprint density at radius 3 is 2.70 bits per heavy atom. The molecule has 7 heteroatoms. The molecular formula is C20H33N5OS. The third kappa shape index (κ3) is 6.13. The second-order valence-electron chi connectivity index (χ2n) is 7.39. The zero-order valence-electron chi connectivity index (χ0n) is 16.4. The van der Waals surface area contributed by atoms with Gasteiger partial charge in [0.05, 0.1) is 5.00 Å². The number of guanidine groups is 1. The van der Waals surface area contributed by atoms with Crippen LogP contribution in [0.3, 0.4) is 0 Å². The molecule has 27 heavy (non-hydrogen) atoms. The number of carbonyl (C=O) groups excluding carboxylic acids is 1. The second-order valence-corrected chi connectivity index (χ2v) is 8.32. The van der Waals surface area contributed by atoms with Gasteiger partial charge in [-0.1, -0.05) is 6.42 Å². The molecule has 2 heterocycles. The van der Waals surface area contributed by atoms with E-state index in [4.69, 9.17) is 0 Å². The molecule has 1 amide bonds. The molecule has 6 nitrogen and oxygen atoms in total. The van der Waals surface area contributed by atoms with Gasteiger partial charge in [-0.25, -0.2) is 0 Å². The molecule has 3 N–H and O–H groups in total. The maximum absolute atomic E-state index is 11.8. The standard InChI is InChI=1S/C20H33N5OS/c1-2-21-20(23-12-5-11-22-19(26)16-6-3-7-16)24-17-9-13-25(14-10-17)18-8-4-15-27-18/h4,8,15-17H,2-3,5-7,9-14H2,1H3,(H,22,26)(H2,21,23,24). The summed E-state index contributed by atoms with van der Waals surface area (Å²) in [5.41, 5.74) is 0. The van der Waals surface area contributed by atoms with E-state index in [0.29, 0.717) is 6.04 Å². The van der Waals surface area contributed by atoms with Crippen LogP contribution in [0.4, 0.5) is 5.00 Å². The SMILES string of the molecule is CCNC(=NCCCNC(=O)C1CCC1)NC1CCN(c2cccs2)CC1. The van der Waals surface area contributed by atoms with E-state index in [2.05, 4.69) is 50.3 Å². The summed E-state index contributed by atoms with van der Waals surface area (Å²) in [5, 5.41) is 13.5. The van der Waals surface area contributed by atoms with Crippen LogP contribution in [-0.4, -0.2) is 50.6 Å². The summed E-state index contributed by atoms with van der Waals surface area (Å²) in [6, 6.07) is 4.79. The van der Waals surface area contributed by atoms with E-state index in [-0.39, 0.29) is 11.8 Å². The van der Waals surface area contributed by atoms with Crippen molar-refractivity contribution in [1.82, 2.24) is 16.0 Å². The Kier molecular flexibility index (Phi) is 7.80. The van der Waals surface area contributed by atoms with Gasteiger partial charge in [0.2, 0.25) is 5.91 Å². The molecule has 2 aliphatic rings. The monoisotopic (exact) mass is 391 g/mol. The topological polar surface area (TPSA) is 68.8 Å². The lowest BCUT2D eigenvalue weighted by Gasteiger charge is -2.33. The fourth-order valence-electron chi connectivity index (χ4n) is 3.50. The molecule has 1 aromatic heterocycles. The average Bonchev–Trinajstić information content (AvgIpc) is 3.15. The number of aliphatic imine (C=N–C) groups is 1. The first-order valence-corrected chi connectivity index (χ1v) is 11.2. The molecular weight excluding hydrogens is 358 g/mol. The largest absolute Gasteiger partial charge is 0.363 e. The van der Waals surface area contributed by atoms with Crippen molar-refractivity contribution in [1.29, 1.82) is 0 Å². The predicted molar refractivity (Wildman–Crippen MR) is 114 cm³/mol. The molecule has 1 saturated carbocycles. The lowest BCUT2D eigenvalue weighted by molar-refractivity contribution is -0.127. The molecule has 0 spiro atoms. The number of amides is 1. The van der Waals surface area contributed by atoms with E-state index in [1.54, 1.807) is 0 Å². The molecule has 0 unspecified atom stereocenters. The molecule has 3 rings (SSSR count). The zero-order valence-corrected chi connectivity index (χ0v) is 17.2. The minimum absolute atomic E-state index is 0.229. The van der Waals surface area contributed by atoms with Gasteiger partial charge < -0.3 is 20.9 Å². The quantitative estimate of drug-likeness (QED) is 0.362. The van der Waals surface area contributed by atoms with Gasteiger partial charge in [0.15, 0.2) is 5.96 Å². The van der Waals surface area contributed by atoms with Crippen molar-refractivity contribution in [3.05, 3.63) is 17.5 Å². The molecule has 150 valence electrons. The third-order valence-electron chi connectivity index (χ3n) is 5.38. The van der Waals surface area contributed by atoms with Gasteiger partial charge in [-0.3, -0.25) is 9.79 Å². The van der Waals surface area contributed by atoms with Crippen LogP contribution in [0, 0.1) is 5.92 Å². The highest BCUT2D eigenvalue weighted by atomic mass is 32.1. The van der Waals surface area contributed by atoms with Crippen molar-refractivity contribution in [2.45, 2.75) is 51.5 Å². The average molecular weight is 392 g/mol. The number of hydrogen-bond donors (Lipinski definition) is 3. The Balaban J connectivity index is 1.35. The van der Waals surface area contributed by atoms with Gasteiger partial charge in [-0.2, -0.15) is 0 Å². The minimum Gasteiger partial charge on any atom is -0.363 e. The predicted octanol–water partition coefficient (Wildman–Crippen LogP) is 2.58. The number of nitrogens with zero attached hydrogens (tertiary/aromatic N) is 2. The molecule has 0 aromatic carbocycles. The highest BCUT2D eigenvalue weighted by Gasteiger charge is 2.24. The lowest BCUT2D eigenvalue weighted by atomic mass is 9.85. The van der Waals surface area contributed by atoms with Crippen LogP contribution in [0.5, 0.6) is 0 Å². The minimum atomic E-state index is 0.229. The smallest absolute Gasteiger partial charge is 0.223 e. The normalized spacial score (nSPS) is 18.9. The fourth-order valence-corrected chi connectivity index (χ4v) is 4.29.